The van der Waals surface area contributed by atoms with Crippen molar-refractivity contribution in [3.8, 4) is 5.75 Å². The molecule has 28 heavy (non-hydrogen) atoms. The van der Waals surface area contributed by atoms with E-state index in [1.807, 2.05) is 24.3 Å². The molecule has 1 aromatic heterocycles. The van der Waals surface area contributed by atoms with Crippen LogP contribution in [0.4, 0.5) is 20.4 Å². The molecule has 6 nitrogen and oxygen atoms in total. The smallest absolute Gasteiger partial charge is 0.274 e. The van der Waals surface area contributed by atoms with Gasteiger partial charge in [0, 0.05) is 18.3 Å². The highest BCUT2D eigenvalue weighted by Crippen LogP contribution is 2.17. The third-order valence-electron chi connectivity index (χ3n) is 3.88. The van der Waals surface area contributed by atoms with Crippen molar-refractivity contribution in [2.45, 2.75) is 13.5 Å². The summed E-state index contributed by atoms with van der Waals surface area (Å²) in [6.07, 6.45) is 0. The first-order chi connectivity index (χ1) is 13.4. The van der Waals surface area contributed by atoms with E-state index in [-0.39, 0.29) is 17.3 Å². The quantitative estimate of drug-likeness (QED) is 0.673. The molecular formula is C20H18F2N4O2. The zero-order chi connectivity index (χ0) is 20.1. The minimum absolute atomic E-state index is 0.0634. The number of benzene rings is 2. The SMILES string of the molecule is COc1ccc(CNc2nc(C)cc(C(=O)Nc3ccc(F)cc3F)n2)cc1. The molecule has 3 rings (SSSR count). The van der Waals surface area contributed by atoms with Gasteiger partial charge in [-0.15, -0.1) is 0 Å². The summed E-state index contributed by atoms with van der Waals surface area (Å²) in [5.41, 5.74) is 1.48. The van der Waals surface area contributed by atoms with Gasteiger partial charge in [0.15, 0.2) is 0 Å². The summed E-state index contributed by atoms with van der Waals surface area (Å²) >= 11 is 0. The lowest BCUT2D eigenvalue weighted by Crippen LogP contribution is -2.17. The van der Waals surface area contributed by atoms with Gasteiger partial charge >= 0.3 is 0 Å². The van der Waals surface area contributed by atoms with Gasteiger partial charge in [0.2, 0.25) is 5.95 Å². The number of hydrogen-bond acceptors (Lipinski definition) is 5. The van der Waals surface area contributed by atoms with Crippen molar-refractivity contribution in [2.75, 3.05) is 17.7 Å². The maximum atomic E-state index is 13.7. The van der Waals surface area contributed by atoms with Crippen LogP contribution in [0.1, 0.15) is 21.7 Å². The Labute approximate surface area is 160 Å². The predicted molar refractivity (Wildman–Crippen MR) is 101 cm³/mol. The van der Waals surface area contributed by atoms with Crippen molar-refractivity contribution < 1.29 is 18.3 Å². The van der Waals surface area contributed by atoms with E-state index in [1.54, 1.807) is 14.0 Å². The van der Waals surface area contributed by atoms with E-state index in [1.165, 1.54) is 6.07 Å². The van der Waals surface area contributed by atoms with Crippen molar-refractivity contribution in [3.05, 3.63) is 77.1 Å². The number of hydrogen-bond donors (Lipinski definition) is 2. The Hall–Kier alpha value is -3.55. The molecule has 0 atom stereocenters. The maximum absolute atomic E-state index is 13.7. The average Bonchev–Trinajstić information content (AvgIpc) is 2.68. The second-order valence-electron chi connectivity index (χ2n) is 6.00. The Bertz CT molecular complexity index is 994. The zero-order valence-electron chi connectivity index (χ0n) is 15.3. The van der Waals surface area contributed by atoms with Gasteiger partial charge in [-0.25, -0.2) is 18.7 Å². The number of methoxy groups -OCH3 is 1. The lowest BCUT2D eigenvalue weighted by Gasteiger charge is -2.10. The van der Waals surface area contributed by atoms with Gasteiger partial charge in [0.25, 0.3) is 5.91 Å². The molecule has 0 bridgehead atoms. The molecule has 3 aromatic rings. The van der Waals surface area contributed by atoms with Crippen molar-refractivity contribution in [3.63, 3.8) is 0 Å². The van der Waals surface area contributed by atoms with Crippen LogP contribution < -0.4 is 15.4 Å². The van der Waals surface area contributed by atoms with Gasteiger partial charge in [0.05, 0.1) is 12.8 Å². The number of carbonyl (C=O) groups is 1. The van der Waals surface area contributed by atoms with E-state index in [0.717, 1.165) is 23.4 Å². The number of nitrogens with zero attached hydrogens (tertiary/aromatic N) is 2. The molecule has 0 saturated heterocycles. The molecule has 0 saturated carbocycles. The van der Waals surface area contributed by atoms with E-state index >= 15 is 0 Å². The van der Waals surface area contributed by atoms with Crippen LogP contribution >= 0.6 is 0 Å². The Morgan fingerprint density at radius 1 is 1.07 bits per heavy atom. The highest BCUT2D eigenvalue weighted by atomic mass is 19.1. The summed E-state index contributed by atoms with van der Waals surface area (Å²) < 4.78 is 31.8. The topological polar surface area (TPSA) is 76.1 Å². The fourth-order valence-corrected chi connectivity index (χ4v) is 2.47. The van der Waals surface area contributed by atoms with Crippen LogP contribution in [0.2, 0.25) is 0 Å². The minimum Gasteiger partial charge on any atom is -0.497 e. The molecule has 0 radical (unpaired) electrons. The molecule has 8 heteroatoms. The largest absolute Gasteiger partial charge is 0.497 e. The number of carbonyl (C=O) groups excluding carboxylic acids is 1. The number of anilines is 2. The molecule has 2 aromatic carbocycles. The van der Waals surface area contributed by atoms with Crippen molar-refractivity contribution in [1.29, 1.82) is 0 Å². The van der Waals surface area contributed by atoms with Crippen LogP contribution in [-0.4, -0.2) is 23.0 Å². The van der Waals surface area contributed by atoms with E-state index in [4.69, 9.17) is 4.74 Å². The molecule has 0 fully saturated rings. The number of rotatable bonds is 6. The normalized spacial score (nSPS) is 10.4. The first-order valence-electron chi connectivity index (χ1n) is 8.43. The first-order valence-corrected chi connectivity index (χ1v) is 8.43. The van der Waals surface area contributed by atoms with Crippen LogP contribution in [0.25, 0.3) is 0 Å². The Morgan fingerprint density at radius 2 is 1.82 bits per heavy atom. The van der Waals surface area contributed by atoms with Crippen LogP contribution in [-0.2, 0) is 6.54 Å². The molecule has 1 heterocycles. The first kappa shape index (κ1) is 19.2. The second-order valence-corrected chi connectivity index (χ2v) is 6.00. The monoisotopic (exact) mass is 384 g/mol. The van der Waals surface area contributed by atoms with E-state index in [9.17, 15) is 13.6 Å². The number of ether oxygens (including phenoxy) is 1. The minimum atomic E-state index is -0.864. The van der Waals surface area contributed by atoms with Gasteiger partial charge in [-0.1, -0.05) is 12.1 Å². The summed E-state index contributed by atoms with van der Waals surface area (Å²) in [7, 11) is 1.60. The fraction of sp³-hybridized carbons (Fsp3) is 0.150. The molecule has 0 aliphatic heterocycles. The third-order valence-corrected chi connectivity index (χ3v) is 3.88. The predicted octanol–water partition coefficient (Wildman–Crippen LogP) is 3.94. The second kappa shape index (κ2) is 8.43. The number of nitrogens with one attached hydrogen (secondary N) is 2. The number of halogens is 2. The molecule has 144 valence electrons. The zero-order valence-corrected chi connectivity index (χ0v) is 15.3. The maximum Gasteiger partial charge on any atom is 0.274 e. The van der Waals surface area contributed by atoms with E-state index in [2.05, 4.69) is 20.6 Å². The summed E-state index contributed by atoms with van der Waals surface area (Å²) in [6.45, 7) is 2.16. The van der Waals surface area contributed by atoms with Gasteiger partial charge in [-0.2, -0.15) is 0 Å². The van der Waals surface area contributed by atoms with Gasteiger partial charge < -0.3 is 15.4 Å². The number of aryl methyl sites for hydroxylation is 1. The molecule has 1 amide bonds. The van der Waals surface area contributed by atoms with Crippen molar-refractivity contribution in [2.24, 2.45) is 0 Å². The van der Waals surface area contributed by atoms with Crippen LogP contribution in [0.15, 0.2) is 48.5 Å². The van der Waals surface area contributed by atoms with E-state index in [0.29, 0.717) is 18.3 Å². The Morgan fingerprint density at radius 3 is 2.50 bits per heavy atom. The molecule has 0 unspecified atom stereocenters. The van der Waals surface area contributed by atoms with E-state index < -0.39 is 17.5 Å². The van der Waals surface area contributed by atoms with Crippen LogP contribution in [0.5, 0.6) is 5.75 Å². The Kier molecular flexibility index (Phi) is 5.78. The molecular weight excluding hydrogens is 366 g/mol. The van der Waals surface area contributed by atoms with Gasteiger partial charge in [0.1, 0.15) is 23.1 Å². The highest BCUT2D eigenvalue weighted by molar-refractivity contribution is 6.03. The lowest BCUT2D eigenvalue weighted by molar-refractivity contribution is 0.102. The summed E-state index contributed by atoms with van der Waals surface area (Å²) in [4.78, 5) is 20.8. The Balaban J connectivity index is 1.71. The third kappa shape index (κ3) is 4.79. The van der Waals surface area contributed by atoms with Crippen LogP contribution in [0, 0.1) is 18.6 Å². The van der Waals surface area contributed by atoms with Gasteiger partial charge in [-0.05, 0) is 42.8 Å². The summed E-state index contributed by atoms with van der Waals surface area (Å²) in [5.74, 6) is -1.19. The molecule has 0 aliphatic carbocycles. The molecule has 0 spiro atoms. The molecule has 0 aliphatic rings. The van der Waals surface area contributed by atoms with Gasteiger partial charge in [-0.3, -0.25) is 4.79 Å². The van der Waals surface area contributed by atoms with Crippen molar-refractivity contribution >= 4 is 17.5 Å². The highest BCUT2D eigenvalue weighted by Gasteiger charge is 2.13. The summed E-state index contributed by atoms with van der Waals surface area (Å²) in [6, 6.07) is 11.9. The lowest BCUT2D eigenvalue weighted by atomic mass is 10.2. The summed E-state index contributed by atoms with van der Waals surface area (Å²) in [5, 5.41) is 5.43. The average molecular weight is 384 g/mol. The number of amides is 1. The number of aromatic nitrogens is 2. The van der Waals surface area contributed by atoms with Crippen LogP contribution in [0.3, 0.4) is 0 Å². The standard InChI is InChI=1S/C20H18F2N4O2/c1-12-9-18(19(27)25-17-8-5-14(21)10-16(17)22)26-20(24-12)23-11-13-3-6-15(28-2)7-4-13/h3-10H,11H2,1-2H3,(H,25,27)(H,23,24,26). The fourth-order valence-electron chi connectivity index (χ4n) is 2.47. The molecule has 2 N–H and O–H groups in total. The van der Waals surface area contributed by atoms with Crippen molar-refractivity contribution in [1.82, 2.24) is 9.97 Å².